The van der Waals surface area contributed by atoms with E-state index in [0.29, 0.717) is 6.42 Å². The zero-order chi connectivity index (χ0) is 23.4. The molecular weight excluding hydrogens is 482 g/mol. The maximum absolute atomic E-state index is 13.4. The van der Waals surface area contributed by atoms with Gasteiger partial charge in [-0.1, -0.05) is 52.3 Å². The summed E-state index contributed by atoms with van der Waals surface area (Å²) >= 11 is 3.44. The molecule has 168 valence electrons. The molecule has 0 radical (unpaired) electrons. The summed E-state index contributed by atoms with van der Waals surface area (Å²) in [6.07, 6.45) is 2.21. The van der Waals surface area contributed by atoms with Crippen LogP contribution in [0.25, 0.3) is 10.9 Å². The van der Waals surface area contributed by atoms with Crippen LogP contribution in [0.2, 0.25) is 0 Å². The number of likely N-dealkylation sites (N-methyl/N-ethyl adjacent to an activating group) is 1. The topological polar surface area (TPSA) is 85.4 Å². The second-order valence-electron chi connectivity index (χ2n) is 7.91. The Morgan fingerprint density at radius 2 is 1.85 bits per heavy atom. The minimum atomic E-state index is -0.734. The molecule has 4 aromatic rings. The third-order valence-electron chi connectivity index (χ3n) is 5.54. The van der Waals surface area contributed by atoms with Gasteiger partial charge in [0.1, 0.15) is 11.8 Å². The van der Waals surface area contributed by atoms with Gasteiger partial charge in [-0.15, -0.1) is 0 Å². The van der Waals surface area contributed by atoms with Crippen LogP contribution in [-0.2, 0) is 22.4 Å². The van der Waals surface area contributed by atoms with Crippen LogP contribution in [0.4, 0.5) is 5.69 Å². The highest BCUT2D eigenvalue weighted by atomic mass is 79.9. The van der Waals surface area contributed by atoms with Crippen LogP contribution < -0.4 is 10.2 Å². The van der Waals surface area contributed by atoms with Crippen molar-refractivity contribution in [1.29, 1.82) is 0 Å². The Morgan fingerprint density at radius 3 is 2.61 bits per heavy atom. The Morgan fingerprint density at radius 1 is 1.06 bits per heavy atom. The van der Waals surface area contributed by atoms with Crippen molar-refractivity contribution in [1.82, 2.24) is 10.3 Å². The standard InChI is InChI=1S/C26H24BrN3O3/c1-30(20-9-5-8-19(27)14-20)26(33)24(12-17-6-3-2-4-7-17)29-25(32)13-18-16-28-23-11-10-21(31)15-22(18)23/h2-11,14-16,24,28,31H,12-13H2,1H3,(H,29,32)/t24-/m0/s1. The molecule has 0 unspecified atom stereocenters. The number of halogens is 1. The minimum absolute atomic E-state index is 0.0859. The molecule has 0 saturated carbocycles. The van der Waals surface area contributed by atoms with Gasteiger partial charge in [-0.2, -0.15) is 0 Å². The van der Waals surface area contributed by atoms with E-state index in [0.717, 1.165) is 32.2 Å². The van der Waals surface area contributed by atoms with E-state index >= 15 is 0 Å². The number of amides is 2. The monoisotopic (exact) mass is 505 g/mol. The molecule has 0 fully saturated rings. The number of nitrogens with one attached hydrogen (secondary N) is 2. The summed E-state index contributed by atoms with van der Waals surface area (Å²) in [6.45, 7) is 0. The molecule has 7 heteroatoms. The molecule has 1 heterocycles. The van der Waals surface area contributed by atoms with Gasteiger partial charge in [0.15, 0.2) is 0 Å². The van der Waals surface area contributed by atoms with Crippen LogP contribution in [0, 0.1) is 0 Å². The molecular formula is C26H24BrN3O3. The second kappa shape index (κ2) is 9.92. The Labute approximate surface area is 200 Å². The number of phenolic OH excluding ortho intramolecular Hbond substituents is 1. The predicted octanol–water partition coefficient (Wildman–Crippen LogP) is 4.57. The molecule has 0 aliphatic carbocycles. The van der Waals surface area contributed by atoms with Gasteiger partial charge >= 0.3 is 0 Å². The number of aromatic nitrogens is 1. The quantitative estimate of drug-likeness (QED) is 0.344. The molecule has 0 bridgehead atoms. The highest BCUT2D eigenvalue weighted by molar-refractivity contribution is 9.10. The zero-order valence-corrected chi connectivity index (χ0v) is 19.7. The molecule has 6 nitrogen and oxygen atoms in total. The molecule has 33 heavy (non-hydrogen) atoms. The first-order valence-electron chi connectivity index (χ1n) is 10.6. The molecule has 0 saturated heterocycles. The molecule has 3 N–H and O–H groups in total. The van der Waals surface area contributed by atoms with E-state index in [9.17, 15) is 14.7 Å². The van der Waals surface area contributed by atoms with Gasteiger partial charge in [0.25, 0.3) is 0 Å². The fourth-order valence-corrected chi connectivity index (χ4v) is 4.21. The van der Waals surface area contributed by atoms with Crippen molar-refractivity contribution in [3.8, 4) is 5.75 Å². The SMILES string of the molecule is CN(C(=O)[C@H](Cc1ccccc1)NC(=O)Cc1c[nH]c2ccc(O)cc12)c1cccc(Br)c1. The largest absolute Gasteiger partial charge is 0.508 e. The number of benzene rings is 3. The van der Waals surface area contributed by atoms with E-state index in [1.165, 1.54) is 0 Å². The van der Waals surface area contributed by atoms with Crippen LogP contribution in [0.5, 0.6) is 5.75 Å². The van der Waals surface area contributed by atoms with Crippen LogP contribution in [0.3, 0.4) is 0 Å². The summed E-state index contributed by atoms with van der Waals surface area (Å²) in [5.74, 6) is -0.338. The van der Waals surface area contributed by atoms with Crippen LogP contribution >= 0.6 is 15.9 Å². The number of aromatic amines is 1. The van der Waals surface area contributed by atoms with Crippen molar-refractivity contribution >= 4 is 44.3 Å². The lowest BCUT2D eigenvalue weighted by atomic mass is 10.0. The number of fused-ring (bicyclic) bond motifs is 1. The Kier molecular flexibility index (Phi) is 6.79. The van der Waals surface area contributed by atoms with Gasteiger partial charge in [0, 0.05) is 40.7 Å². The van der Waals surface area contributed by atoms with Gasteiger partial charge in [0.2, 0.25) is 11.8 Å². The Balaban J connectivity index is 1.55. The minimum Gasteiger partial charge on any atom is -0.508 e. The molecule has 3 aromatic carbocycles. The average molecular weight is 506 g/mol. The number of carbonyl (C=O) groups is 2. The number of H-pyrrole nitrogens is 1. The second-order valence-corrected chi connectivity index (χ2v) is 8.82. The van der Waals surface area contributed by atoms with E-state index in [4.69, 9.17) is 0 Å². The van der Waals surface area contributed by atoms with Crippen molar-refractivity contribution in [3.63, 3.8) is 0 Å². The van der Waals surface area contributed by atoms with Crippen LogP contribution in [-0.4, -0.2) is 35.0 Å². The number of nitrogens with zero attached hydrogens (tertiary/aromatic N) is 1. The van der Waals surface area contributed by atoms with Gasteiger partial charge in [-0.3, -0.25) is 9.59 Å². The number of aromatic hydroxyl groups is 1. The Bertz CT molecular complexity index is 1290. The molecule has 0 aliphatic heterocycles. The number of rotatable bonds is 7. The number of phenols is 1. The van der Waals surface area contributed by atoms with Crippen LogP contribution in [0.15, 0.2) is 83.5 Å². The first-order chi connectivity index (χ1) is 15.9. The maximum atomic E-state index is 13.4. The van der Waals surface area contributed by atoms with Crippen molar-refractivity contribution in [2.24, 2.45) is 0 Å². The first kappa shape index (κ1) is 22.6. The molecule has 0 aliphatic rings. The van der Waals surface area contributed by atoms with Gasteiger partial charge in [-0.05, 0) is 47.5 Å². The molecule has 4 rings (SSSR count). The third kappa shape index (κ3) is 5.43. The number of hydrogen-bond acceptors (Lipinski definition) is 3. The van der Waals surface area contributed by atoms with Crippen molar-refractivity contribution < 1.29 is 14.7 Å². The van der Waals surface area contributed by atoms with Gasteiger partial charge < -0.3 is 20.3 Å². The Hall–Kier alpha value is -3.58. The van der Waals surface area contributed by atoms with Crippen molar-refractivity contribution in [2.75, 3.05) is 11.9 Å². The van der Waals surface area contributed by atoms with E-state index in [1.54, 1.807) is 36.3 Å². The summed E-state index contributed by atoms with van der Waals surface area (Å²) in [5, 5.41) is 13.5. The van der Waals surface area contributed by atoms with E-state index in [1.807, 2.05) is 54.6 Å². The van der Waals surface area contributed by atoms with Gasteiger partial charge in [0.05, 0.1) is 6.42 Å². The zero-order valence-electron chi connectivity index (χ0n) is 18.1. The van der Waals surface area contributed by atoms with E-state index in [2.05, 4.69) is 26.2 Å². The van der Waals surface area contributed by atoms with E-state index in [-0.39, 0.29) is 24.0 Å². The number of anilines is 1. The summed E-state index contributed by atoms with van der Waals surface area (Å²) in [4.78, 5) is 31.1. The van der Waals surface area contributed by atoms with Gasteiger partial charge in [-0.25, -0.2) is 0 Å². The summed E-state index contributed by atoms with van der Waals surface area (Å²) < 4.78 is 0.867. The fourth-order valence-electron chi connectivity index (χ4n) is 3.83. The number of carbonyl (C=O) groups excluding carboxylic acids is 2. The fraction of sp³-hybridized carbons (Fsp3) is 0.154. The van der Waals surface area contributed by atoms with Crippen molar-refractivity contribution in [2.45, 2.75) is 18.9 Å². The molecule has 1 atom stereocenters. The lowest BCUT2D eigenvalue weighted by molar-refractivity contribution is -0.127. The van der Waals surface area contributed by atoms with Crippen LogP contribution in [0.1, 0.15) is 11.1 Å². The van der Waals surface area contributed by atoms with Crippen molar-refractivity contribution in [3.05, 3.63) is 94.6 Å². The summed E-state index contributed by atoms with van der Waals surface area (Å²) in [6, 6.07) is 21.3. The highest BCUT2D eigenvalue weighted by Crippen LogP contribution is 2.24. The third-order valence-corrected chi connectivity index (χ3v) is 6.04. The normalized spacial score (nSPS) is 11.8. The first-order valence-corrected chi connectivity index (χ1v) is 11.4. The molecule has 0 spiro atoms. The smallest absolute Gasteiger partial charge is 0.249 e. The van der Waals surface area contributed by atoms with E-state index < -0.39 is 6.04 Å². The predicted molar refractivity (Wildman–Crippen MR) is 133 cm³/mol. The maximum Gasteiger partial charge on any atom is 0.249 e. The summed E-state index contributed by atoms with van der Waals surface area (Å²) in [5.41, 5.74) is 3.27. The lowest BCUT2D eigenvalue weighted by Crippen LogP contribution is -2.49. The average Bonchev–Trinajstić information content (AvgIpc) is 3.20. The highest BCUT2D eigenvalue weighted by Gasteiger charge is 2.26. The number of hydrogen-bond donors (Lipinski definition) is 3. The molecule has 2 amide bonds. The summed E-state index contributed by atoms with van der Waals surface area (Å²) in [7, 11) is 1.71. The molecule has 1 aromatic heterocycles. The lowest BCUT2D eigenvalue weighted by Gasteiger charge is -2.25.